The summed E-state index contributed by atoms with van der Waals surface area (Å²) < 4.78 is 0. The molecule has 2 aromatic heterocycles. The minimum atomic E-state index is 0.164. The first-order valence-electron chi connectivity index (χ1n) is 4.39. The molecule has 0 aliphatic heterocycles. The van der Waals surface area contributed by atoms with Gasteiger partial charge in [0.1, 0.15) is 0 Å². The fraction of sp³-hybridized carbons (Fsp3) is 0.0909. The molecule has 3 radical (unpaired) electrons. The Hall–Kier alpha value is -1.48. The highest BCUT2D eigenvalue weighted by atomic mass is 28.1. The zero-order valence-corrected chi connectivity index (χ0v) is 8.59. The standard InChI is InChI=1S/C11H9N2Si/c14-11(9-3-1-5-12-7-9)10-4-2-6-13-8-10/h1-8,11H. The molecule has 2 aromatic rings. The normalized spacial score (nSPS) is 10.4. The van der Waals surface area contributed by atoms with Crippen molar-refractivity contribution < 1.29 is 0 Å². The second-order valence-corrected chi connectivity index (χ2v) is 3.58. The molecule has 0 saturated heterocycles. The fourth-order valence-corrected chi connectivity index (χ4v) is 1.63. The number of rotatable bonds is 2. The van der Waals surface area contributed by atoms with Crippen LogP contribution in [0.15, 0.2) is 49.1 Å². The molecule has 0 aromatic carbocycles. The zero-order chi connectivity index (χ0) is 9.80. The molecule has 2 nitrogen and oxygen atoms in total. The van der Waals surface area contributed by atoms with Crippen molar-refractivity contribution in [3.63, 3.8) is 0 Å². The monoisotopic (exact) mass is 197 g/mol. The van der Waals surface area contributed by atoms with Crippen molar-refractivity contribution in [2.75, 3.05) is 0 Å². The Labute approximate surface area is 86.5 Å². The van der Waals surface area contributed by atoms with Gasteiger partial charge in [0.15, 0.2) is 0 Å². The van der Waals surface area contributed by atoms with Crippen molar-refractivity contribution >= 4 is 10.2 Å². The number of aromatic nitrogens is 2. The molecule has 0 aliphatic carbocycles. The van der Waals surface area contributed by atoms with Gasteiger partial charge in [-0.3, -0.25) is 9.97 Å². The fourth-order valence-electron chi connectivity index (χ4n) is 1.29. The predicted octanol–water partition coefficient (Wildman–Crippen LogP) is 1.73. The number of hydrogen-bond donors (Lipinski definition) is 0. The van der Waals surface area contributed by atoms with Crippen LogP contribution in [0.25, 0.3) is 0 Å². The Balaban J connectivity index is 2.30. The van der Waals surface area contributed by atoms with Gasteiger partial charge >= 0.3 is 0 Å². The smallest absolute Gasteiger partial charge is 0.0398 e. The van der Waals surface area contributed by atoms with Crippen molar-refractivity contribution in [1.82, 2.24) is 9.97 Å². The van der Waals surface area contributed by atoms with Crippen molar-refractivity contribution in [3.8, 4) is 0 Å². The molecule has 2 heterocycles. The third-order valence-electron chi connectivity index (χ3n) is 2.04. The topological polar surface area (TPSA) is 25.8 Å². The van der Waals surface area contributed by atoms with E-state index in [-0.39, 0.29) is 5.54 Å². The Kier molecular flexibility index (Phi) is 2.69. The van der Waals surface area contributed by atoms with E-state index in [1.165, 1.54) is 0 Å². The number of hydrogen-bond acceptors (Lipinski definition) is 2. The molecule has 0 atom stereocenters. The van der Waals surface area contributed by atoms with Gasteiger partial charge in [0, 0.05) is 35.0 Å². The maximum Gasteiger partial charge on any atom is 0.0398 e. The van der Waals surface area contributed by atoms with Crippen LogP contribution in [0, 0.1) is 0 Å². The first-order chi connectivity index (χ1) is 6.88. The van der Waals surface area contributed by atoms with Crippen LogP contribution in [0.2, 0.25) is 0 Å². The van der Waals surface area contributed by atoms with Crippen LogP contribution in [-0.2, 0) is 0 Å². The Bertz CT molecular complexity index is 349. The molecule has 0 N–H and O–H groups in total. The lowest BCUT2D eigenvalue weighted by molar-refractivity contribution is 1.08. The van der Waals surface area contributed by atoms with Crippen molar-refractivity contribution in [2.45, 2.75) is 5.54 Å². The SMILES string of the molecule is [Si]C(c1cccnc1)c1cccnc1. The van der Waals surface area contributed by atoms with Crippen LogP contribution in [0.1, 0.15) is 16.7 Å². The minimum absolute atomic E-state index is 0.164. The van der Waals surface area contributed by atoms with Gasteiger partial charge in [0.05, 0.1) is 0 Å². The molecular formula is C11H9N2Si. The molecule has 0 bridgehead atoms. The van der Waals surface area contributed by atoms with E-state index >= 15 is 0 Å². The molecule has 0 unspecified atom stereocenters. The quantitative estimate of drug-likeness (QED) is 0.685. The molecule has 0 fully saturated rings. The Morgan fingerprint density at radius 2 is 1.43 bits per heavy atom. The van der Waals surface area contributed by atoms with Crippen LogP contribution in [0.4, 0.5) is 0 Å². The summed E-state index contributed by atoms with van der Waals surface area (Å²) in [5, 5.41) is 0. The third-order valence-corrected chi connectivity index (χ3v) is 2.70. The van der Waals surface area contributed by atoms with E-state index in [0.717, 1.165) is 11.1 Å². The van der Waals surface area contributed by atoms with Crippen molar-refractivity contribution in [1.29, 1.82) is 0 Å². The summed E-state index contributed by atoms with van der Waals surface area (Å²) in [6, 6.07) is 7.94. The van der Waals surface area contributed by atoms with E-state index < -0.39 is 0 Å². The summed E-state index contributed by atoms with van der Waals surface area (Å²) in [4.78, 5) is 8.16. The minimum Gasteiger partial charge on any atom is -0.264 e. The van der Waals surface area contributed by atoms with E-state index in [1.54, 1.807) is 12.4 Å². The Morgan fingerprint density at radius 3 is 1.79 bits per heavy atom. The summed E-state index contributed by atoms with van der Waals surface area (Å²) in [7, 11) is 3.67. The molecule has 0 spiro atoms. The molecule has 14 heavy (non-hydrogen) atoms. The second-order valence-electron chi connectivity index (χ2n) is 3.01. The van der Waals surface area contributed by atoms with Crippen LogP contribution in [0.3, 0.4) is 0 Å². The van der Waals surface area contributed by atoms with Gasteiger partial charge < -0.3 is 0 Å². The summed E-state index contributed by atoms with van der Waals surface area (Å²) in [5.41, 5.74) is 2.44. The van der Waals surface area contributed by atoms with Gasteiger partial charge in [-0.1, -0.05) is 12.1 Å². The lowest BCUT2D eigenvalue weighted by Crippen LogP contribution is -2.00. The van der Waals surface area contributed by atoms with Gasteiger partial charge in [-0.15, -0.1) is 0 Å². The van der Waals surface area contributed by atoms with Crippen LogP contribution >= 0.6 is 0 Å². The maximum atomic E-state index is 4.08. The van der Waals surface area contributed by atoms with E-state index in [2.05, 4.69) is 20.2 Å². The first-order valence-corrected chi connectivity index (χ1v) is 4.96. The van der Waals surface area contributed by atoms with Crippen LogP contribution in [0.5, 0.6) is 0 Å². The summed E-state index contributed by atoms with van der Waals surface area (Å²) >= 11 is 0. The van der Waals surface area contributed by atoms with Gasteiger partial charge in [-0.25, -0.2) is 0 Å². The first kappa shape index (κ1) is 9.09. The van der Waals surface area contributed by atoms with E-state index in [9.17, 15) is 0 Å². The largest absolute Gasteiger partial charge is 0.264 e. The molecule has 0 amide bonds. The molecule has 0 aliphatic rings. The van der Waals surface area contributed by atoms with Crippen LogP contribution < -0.4 is 0 Å². The highest BCUT2D eigenvalue weighted by Gasteiger charge is 2.07. The van der Waals surface area contributed by atoms with Gasteiger partial charge in [-0.2, -0.15) is 0 Å². The highest BCUT2D eigenvalue weighted by molar-refractivity contribution is 6.14. The van der Waals surface area contributed by atoms with E-state index in [1.807, 2.05) is 36.7 Å². The summed E-state index contributed by atoms with van der Waals surface area (Å²) in [6.07, 6.45) is 7.24. The third kappa shape index (κ3) is 1.88. The molecule has 0 saturated carbocycles. The summed E-state index contributed by atoms with van der Waals surface area (Å²) in [5.74, 6) is 0. The average molecular weight is 197 g/mol. The maximum absolute atomic E-state index is 4.08. The zero-order valence-electron chi connectivity index (χ0n) is 7.59. The lowest BCUT2D eigenvalue weighted by atomic mass is 10.1. The molecular weight excluding hydrogens is 188 g/mol. The number of nitrogens with zero attached hydrogens (tertiary/aromatic N) is 2. The molecule has 2 rings (SSSR count). The lowest BCUT2D eigenvalue weighted by Gasteiger charge is -2.10. The predicted molar refractivity (Wildman–Crippen MR) is 56.1 cm³/mol. The Morgan fingerprint density at radius 1 is 0.929 bits per heavy atom. The second kappa shape index (κ2) is 4.15. The van der Waals surface area contributed by atoms with Crippen molar-refractivity contribution in [3.05, 3.63) is 60.2 Å². The van der Waals surface area contributed by atoms with Crippen LogP contribution in [-0.4, -0.2) is 20.2 Å². The van der Waals surface area contributed by atoms with E-state index in [4.69, 9.17) is 0 Å². The van der Waals surface area contributed by atoms with Gasteiger partial charge in [0.2, 0.25) is 0 Å². The summed E-state index contributed by atoms with van der Waals surface area (Å²) in [6.45, 7) is 0. The molecule has 3 heteroatoms. The van der Waals surface area contributed by atoms with Gasteiger partial charge in [-0.05, 0) is 28.8 Å². The number of pyridine rings is 2. The van der Waals surface area contributed by atoms with Gasteiger partial charge in [0.25, 0.3) is 0 Å². The van der Waals surface area contributed by atoms with E-state index in [0.29, 0.717) is 0 Å². The molecule has 67 valence electrons. The average Bonchev–Trinajstić information content (AvgIpc) is 2.30. The highest BCUT2D eigenvalue weighted by Crippen LogP contribution is 2.18. The van der Waals surface area contributed by atoms with Crippen molar-refractivity contribution in [2.24, 2.45) is 0 Å².